The van der Waals surface area contributed by atoms with Gasteiger partial charge in [0.15, 0.2) is 0 Å². The predicted octanol–water partition coefficient (Wildman–Crippen LogP) is 3.79. The Morgan fingerprint density at radius 1 is 1.31 bits per heavy atom. The molecule has 0 saturated heterocycles. The number of hydrogen-bond donors (Lipinski definition) is 1. The van der Waals surface area contributed by atoms with E-state index in [1.807, 2.05) is 0 Å². The lowest BCUT2D eigenvalue weighted by molar-refractivity contribution is 0.285. The lowest BCUT2D eigenvalue weighted by Gasteiger charge is -2.27. The van der Waals surface area contributed by atoms with Gasteiger partial charge in [0, 0.05) is 18.0 Å². The first-order valence-corrected chi connectivity index (χ1v) is 6.86. The van der Waals surface area contributed by atoms with Gasteiger partial charge in [-0.05, 0) is 18.3 Å². The minimum absolute atomic E-state index is 0.304. The minimum Gasteiger partial charge on any atom is -0.307 e. The highest BCUT2D eigenvalue weighted by atomic mass is 32.1. The summed E-state index contributed by atoms with van der Waals surface area (Å²) in [6, 6.07) is 0.499. The number of rotatable bonds is 4. The Kier molecular flexibility index (Phi) is 4.51. The van der Waals surface area contributed by atoms with Crippen LogP contribution in [0.3, 0.4) is 0 Å². The third kappa shape index (κ3) is 3.87. The summed E-state index contributed by atoms with van der Waals surface area (Å²) in [6.45, 7) is 14.3. The molecule has 2 nitrogen and oxygen atoms in total. The van der Waals surface area contributed by atoms with Crippen molar-refractivity contribution < 1.29 is 0 Å². The molecule has 0 spiro atoms. The van der Waals surface area contributed by atoms with E-state index in [4.69, 9.17) is 0 Å². The molecule has 1 heterocycles. The van der Waals surface area contributed by atoms with Crippen molar-refractivity contribution in [3.8, 4) is 0 Å². The standard InChI is InChI=1S/C13H24N2S/c1-9(2)11-8-16-12(15-11)7-14-10(3)13(4,5)6/h8-10,14H,7H2,1-6H3. The summed E-state index contributed by atoms with van der Waals surface area (Å²) in [7, 11) is 0. The lowest BCUT2D eigenvalue weighted by atomic mass is 9.88. The molecule has 0 bridgehead atoms. The zero-order valence-electron chi connectivity index (χ0n) is 11.3. The van der Waals surface area contributed by atoms with Crippen LogP contribution < -0.4 is 5.32 Å². The smallest absolute Gasteiger partial charge is 0.107 e. The van der Waals surface area contributed by atoms with Crippen molar-refractivity contribution in [2.75, 3.05) is 0 Å². The summed E-state index contributed by atoms with van der Waals surface area (Å²) in [5.41, 5.74) is 1.52. The lowest BCUT2D eigenvalue weighted by Crippen LogP contribution is -2.37. The topological polar surface area (TPSA) is 24.9 Å². The molecule has 1 atom stereocenters. The Bertz CT molecular complexity index is 323. The Morgan fingerprint density at radius 2 is 1.94 bits per heavy atom. The fraction of sp³-hybridized carbons (Fsp3) is 0.769. The van der Waals surface area contributed by atoms with E-state index in [0.717, 1.165) is 6.54 Å². The molecule has 0 aliphatic carbocycles. The van der Waals surface area contributed by atoms with Crippen LogP contribution in [-0.4, -0.2) is 11.0 Å². The second kappa shape index (κ2) is 5.28. The van der Waals surface area contributed by atoms with Gasteiger partial charge in [-0.15, -0.1) is 11.3 Å². The Labute approximate surface area is 103 Å². The normalized spacial score (nSPS) is 14.4. The van der Waals surface area contributed by atoms with Crippen LogP contribution in [0, 0.1) is 5.41 Å². The molecule has 0 aliphatic heterocycles. The predicted molar refractivity (Wildman–Crippen MR) is 72.0 cm³/mol. The van der Waals surface area contributed by atoms with Crippen molar-refractivity contribution in [1.82, 2.24) is 10.3 Å². The van der Waals surface area contributed by atoms with Crippen LogP contribution in [0.5, 0.6) is 0 Å². The first-order valence-electron chi connectivity index (χ1n) is 5.98. The van der Waals surface area contributed by atoms with E-state index in [2.05, 4.69) is 57.2 Å². The quantitative estimate of drug-likeness (QED) is 0.866. The second-order valence-electron chi connectivity index (χ2n) is 5.79. The summed E-state index contributed by atoms with van der Waals surface area (Å²) < 4.78 is 0. The fourth-order valence-electron chi connectivity index (χ4n) is 1.22. The third-order valence-electron chi connectivity index (χ3n) is 3.02. The number of hydrogen-bond acceptors (Lipinski definition) is 3. The van der Waals surface area contributed by atoms with Crippen molar-refractivity contribution in [1.29, 1.82) is 0 Å². The van der Waals surface area contributed by atoms with E-state index in [1.165, 1.54) is 10.7 Å². The largest absolute Gasteiger partial charge is 0.307 e. The maximum atomic E-state index is 4.62. The molecular formula is C13H24N2S. The molecule has 0 saturated carbocycles. The van der Waals surface area contributed by atoms with Crippen molar-refractivity contribution in [3.05, 3.63) is 16.1 Å². The molecule has 1 rings (SSSR count). The minimum atomic E-state index is 0.304. The number of aromatic nitrogens is 1. The first-order chi connectivity index (χ1) is 7.30. The molecule has 1 unspecified atom stereocenters. The van der Waals surface area contributed by atoms with E-state index in [1.54, 1.807) is 11.3 Å². The monoisotopic (exact) mass is 240 g/mol. The second-order valence-corrected chi connectivity index (χ2v) is 6.73. The molecule has 0 radical (unpaired) electrons. The summed E-state index contributed by atoms with van der Waals surface area (Å²) in [6.07, 6.45) is 0. The van der Waals surface area contributed by atoms with Crippen molar-refractivity contribution in [2.45, 2.75) is 60.0 Å². The number of thiazole rings is 1. The van der Waals surface area contributed by atoms with Gasteiger partial charge in [-0.2, -0.15) is 0 Å². The summed E-state index contributed by atoms with van der Waals surface area (Å²) in [5, 5.41) is 6.90. The maximum Gasteiger partial charge on any atom is 0.107 e. The van der Waals surface area contributed by atoms with Crippen LogP contribution in [-0.2, 0) is 6.54 Å². The van der Waals surface area contributed by atoms with Crippen LogP contribution in [0.25, 0.3) is 0 Å². The Balaban J connectivity index is 2.49. The van der Waals surface area contributed by atoms with E-state index < -0.39 is 0 Å². The average molecular weight is 240 g/mol. The Morgan fingerprint density at radius 3 is 2.38 bits per heavy atom. The van der Waals surface area contributed by atoms with Gasteiger partial charge in [-0.25, -0.2) is 4.98 Å². The van der Waals surface area contributed by atoms with E-state index >= 15 is 0 Å². The summed E-state index contributed by atoms with van der Waals surface area (Å²) in [4.78, 5) is 4.62. The first kappa shape index (κ1) is 13.7. The van der Waals surface area contributed by atoms with Gasteiger partial charge >= 0.3 is 0 Å². The van der Waals surface area contributed by atoms with E-state index in [-0.39, 0.29) is 0 Å². The van der Waals surface area contributed by atoms with Crippen LogP contribution >= 0.6 is 11.3 Å². The van der Waals surface area contributed by atoms with Crippen LogP contribution in [0.15, 0.2) is 5.38 Å². The van der Waals surface area contributed by atoms with Crippen LogP contribution in [0.4, 0.5) is 0 Å². The Hall–Kier alpha value is -0.410. The highest BCUT2D eigenvalue weighted by molar-refractivity contribution is 7.09. The average Bonchev–Trinajstić information content (AvgIpc) is 2.60. The van der Waals surface area contributed by atoms with E-state index in [0.29, 0.717) is 17.4 Å². The van der Waals surface area contributed by atoms with E-state index in [9.17, 15) is 0 Å². The molecule has 1 aromatic heterocycles. The highest BCUT2D eigenvalue weighted by Gasteiger charge is 2.19. The van der Waals surface area contributed by atoms with Gasteiger partial charge in [0.1, 0.15) is 5.01 Å². The van der Waals surface area contributed by atoms with Gasteiger partial charge in [0.25, 0.3) is 0 Å². The van der Waals surface area contributed by atoms with Gasteiger partial charge in [-0.1, -0.05) is 34.6 Å². The molecule has 0 amide bonds. The molecular weight excluding hydrogens is 216 g/mol. The van der Waals surface area contributed by atoms with Gasteiger partial charge < -0.3 is 5.32 Å². The number of nitrogens with one attached hydrogen (secondary N) is 1. The maximum absolute atomic E-state index is 4.62. The number of nitrogens with zero attached hydrogens (tertiary/aromatic N) is 1. The summed E-state index contributed by atoms with van der Waals surface area (Å²) >= 11 is 1.76. The third-order valence-corrected chi connectivity index (χ3v) is 3.89. The van der Waals surface area contributed by atoms with Gasteiger partial charge in [0.05, 0.1) is 5.69 Å². The molecule has 1 N–H and O–H groups in total. The molecule has 3 heteroatoms. The molecule has 0 aliphatic rings. The van der Waals surface area contributed by atoms with Gasteiger partial charge in [-0.3, -0.25) is 0 Å². The molecule has 0 aromatic carbocycles. The molecule has 92 valence electrons. The van der Waals surface area contributed by atoms with Crippen molar-refractivity contribution in [3.63, 3.8) is 0 Å². The van der Waals surface area contributed by atoms with Crippen LogP contribution in [0.2, 0.25) is 0 Å². The molecule has 16 heavy (non-hydrogen) atoms. The molecule has 0 fully saturated rings. The summed E-state index contributed by atoms with van der Waals surface area (Å²) in [5.74, 6) is 0.532. The zero-order chi connectivity index (χ0) is 12.3. The van der Waals surface area contributed by atoms with Gasteiger partial charge in [0.2, 0.25) is 0 Å². The van der Waals surface area contributed by atoms with Crippen LogP contribution in [0.1, 0.15) is 58.2 Å². The fourth-order valence-corrected chi connectivity index (χ4v) is 2.12. The van der Waals surface area contributed by atoms with Crippen molar-refractivity contribution in [2.24, 2.45) is 5.41 Å². The molecule has 1 aromatic rings. The van der Waals surface area contributed by atoms with Crippen molar-refractivity contribution >= 4 is 11.3 Å². The zero-order valence-corrected chi connectivity index (χ0v) is 12.1. The highest BCUT2D eigenvalue weighted by Crippen LogP contribution is 2.21. The SMILES string of the molecule is CC(C)c1csc(CNC(C)C(C)(C)C)n1.